The Labute approximate surface area is 224 Å². The highest BCUT2D eigenvalue weighted by atomic mass is 32.2. The van der Waals surface area contributed by atoms with Gasteiger partial charge in [-0.05, 0) is 30.7 Å². The second kappa shape index (κ2) is 14.4. The van der Waals surface area contributed by atoms with Crippen LogP contribution in [0.1, 0.15) is 57.4 Å². The number of rotatable bonds is 14. The molecule has 0 spiro atoms. The third-order valence-corrected chi connectivity index (χ3v) is 7.71. The number of hydrogen-bond acceptors (Lipinski definition) is 8. The summed E-state index contributed by atoms with van der Waals surface area (Å²) >= 11 is 0. The molecular weight excluding hydrogens is 510 g/mol. The minimum Gasteiger partial charge on any atom is -0.490 e. The van der Waals surface area contributed by atoms with Crippen molar-refractivity contribution in [3.8, 4) is 0 Å². The molecule has 38 heavy (non-hydrogen) atoms. The van der Waals surface area contributed by atoms with Crippen molar-refractivity contribution in [3.05, 3.63) is 59.9 Å². The minimum atomic E-state index is -3.98. The van der Waals surface area contributed by atoms with Crippen LogP contribution in [0.15, 0.2) is 59.3 Å². The van der Waals surface area contributed by atoms with Gasteiger partial charge in [-0.2, -0.15) is 0 Å². The molecule has 206 valence electrons. The molecule has 1 aliphatic rings. The zero-order valence-corrected chi connectivity index (χ0v) is 22.7. The molecule has 10 nitrogen and oxygen atoms in total. The molecule has 0 saturated heterocycles. The number of nitrogens with one attached hydrogen (secondary N) is 1. The SMILES string of the molecule is CCCCCCCCOC(=O)OCCCOC1=C(C(=O)Nc2ccccn2)N(C)S(=O)(=O)c2ccccc21. The molecular formula is C27H35N3O7S. The van der Waals surface area contributed by atoms with Crippen LogP contribution < -0.4 is 5.32 Å². The Hall–Kier alpha value is -3.60. The average Bonchev–Trinajstić information content (AvgIpc) is 2.91. The number of amides is 1. The quantitative estimate of drug-likeness (QED) is 0.261. The van der Waals surface area contributed by atoms with Crippen LogP contribution in [0.25, 0.3) is 5.76 Å². The molecule has 0 bridgehead atoms. The van der Waals surface area contributed by atoms with Crippen molar-refractivity contribution >= 4 is 33.7 Å². The number of benzene rings is 1. The highest BCUT2D eigenvalue weighted by molar-refractivity contribution is 7.89. The van der Waals surface area contributed by atoms with E-state index in [9.17, 15) is 18.0 Å². The molecule has 0 unspecified atom stereocenters. The van der Waals surface area contributed by atoms with Crippen molar-refractivity contribution in [1.82, 2.24) is 9.29 Å². The maximum Gasteiger partial charge on any atom is 0.508 e. The molecule has 1 aromatic carbocycles. The maximum absolute atomic E-state index is 13.2. The van der Waals surface area contributed by atoms with Crippen LogP contribution in [-0.4, -0.2) is 56.6 Å². The predicted molar refractivity (Wildman–Crippen MR) is 142 cm³/mol. The zero-order chi connectivity index (χ0) is 27.4. The van der Waals surface area contributed by atoms with E-state index < -0.39 is 22.1 Å². The van der Waals surface area contributed by atoms with E-state index in [0.29, 0.717) is 13.0 Å². The van der Waals surface area contributed by atoms with Gasteiger partial charge in [-0.25, -0.2) is 18.2 Å². The standard InChI is InChI=1S/C27H35N3O7S/c1-3-4-5-6-7-12-18-36-27(32)37-20-13-19-35-25-21-14-8-9-15-22(21)38(33,34)30(2)24(25)26(31)29-23-16-10-11-17-28-23/h8-11,14-17H,3-7,12-13,18-20H2,1-2H3,(H,28,29,31). The first-order valence-corrected chi connectivity index (χ1v) is 14.3. The molecule has 1 aromatic heterocycles. The van der Waals surface area contributed by atoms with Crippen LogP contribution in [0.3, 0.4) is 0 Å². The van der Waals surface area contributed by atoms with Crippen molar-refractivity contribution in [2.24, 2.45) is 0 Å². The third kappa shape index (κ3) is 7.70. The number of hydrogen-bond donors (Lipinski definition) is 1. The van der Waals surface area contributed by atoms with Crippen LogP contribution in [0.2, 0.25) is 0 Å². The molecule has 2 aromatic rings. The Morgan fingerprint density at radius 1 is 0.895 bits per heavy atom. The number of unbranched alkanes of at least 4 members (excludes halogenated alkanes) is 5. The molecule has 0 atom stereocenters. The number of sulfonamides is 1. The number of carbonyl (C=O) groups excluding carboxylic acids is 2. The van der Waals surface area contributed by atoms with Crippen molar-refractivity contribution < 1.29 is 32.2 Å². The van der Waals surface area contributed by atoms with Gasteiger partial charge in [0.15, 0.2) is 11.5 Å². The summed E-state index contributed by atoms with van der Waals surface area (Å²) in [6.45, 7) is 2.61. The molecule has 0 radical (unpaired) electrons. The molecule has 0 fully saturated rings. The van der Waals surface area contributed by atoms with E-state index in [-0.39, 0.29) is 40.9 Å². The smallest absolute Gasteiger partial charge is 0.490 e. The highest BCUT2D eigenvalue weighted by Gasteiger charge is 2.38. The van der Waals surface area contributed by atoms with Gasteiger partial charge in [0.05, 0.1) is 24.7 Å². The van der Waals surface area contributed by atoms with Crippen molar-refractivity contribution in [2.45, 2.75) is 56.8 Å². The van der Waals surface area contributed by atoms with Gasteiger partial charge in [-0.15, -0.1) is 0 Å². The number of fused-ring (bicyclic) bond motifs is 1. The molecule has 0 saturated carbocycles. The highest BCUT2D eigenvalue weighted by Crippen LogP contribution is 2.36. The minimum absolute atomic E-state index is 0.0291. The van der Waals surface area contributed by atoms with E-state index in [1.807, 2.05) is 0 Å². The first kappa shape index (κ1) is 29.0. The molecule has 1 amide bonds. The second-order valence-electron chi connectivity index (χ2n) is 8.73. The lowest BCUT2D eigenvalue weighted by atomic mass is 10.1. The Morgan fingerprint density at radius 3 is 2.32 bits per heavy atom. The number of likely N-dealkylation sites (N-methyl/N-ethyl adjacent to an activating group) is 1. The largest absolute Gasteiger partial charge is 0.508 e. The van der Waals surface area contributed by atoms with Crippen LogP contribution in [-0.2, 0) is 29.0 Å². The number of carbonyl (C=O) groups is 2. The van der Waals surface area contributed by atoms with Crippen molar-refractivity contribution in [3.63, 3.8) is 0 Å². The van der Waals surface area contributed by atoms with E-state index in [2.05, 4.69) is 17.2 Å². The lowest BCUT2D eigenvalue weighted by molar-refractivity contribution is -0.113. The van der Waals surface area contributed by atoms with Crippen LogP contribution >= 0.6 is 0 Å². The molecule has 2 heterocycles. The van der Waals surface area contributed by atoms with Crippen LogP contribution in [0.4, 0.5) is 10.6 Å². The fourth-order valence-corrected chi connectivity index (χ4v) is 5.28. The lowest BCUT2D eigenvalue weighted by Crippen LogP contribution is -2.37. The first-order valence-electron chi connectivity index (χ1n) is 12.8. The molecule has 1 N–H and O–H groups in total. The first-order chi connectivity index (χ1) is 18.4. The fourth-order valence-electron chi connectivity index (χ4n) is 3.89. The number of anilines is 1. The summed E-state index contributed by atoms with van der Waals surface area (Å²) in [6.07, 6.45) is 7.62. The van der Waals surface area contributed by atoms with Gasteiger partial charge in [0.2, 0.25) is 0 Å². The number of nitrogens with zero attached hydrogens (tertiary/aromatic N) is 2. The number of pyridine rings is 1. The van der Waals surface area contributed by atoms with Crippen molar-refractivity contribution in [1.29, 1.82) is 0 Å². The predicted octanol–water partition coefficient (Wildman–Crippen LogP) is 4.94. The van der Waals surface area contributed by atoms with Gasteiger partial charge in [-0.1, -0.05) is 57.2 Å². The summed E-state index contributed by atoms with van der Waals surface area (Å²) in [6, 6.07) is 11.3. The topological polar surface area (TPSA) is 124 Å². The van der Waals surface area contributed by atoms with E-state index >= 15 is 0 Å². The second-order valence-corrected chi connectivity index (χ2v) is 10.7. The summed E-state index contributed by atoms with van der Waals surface area (Å²) in [5.74, 6) is -0.312. The van der Waals surface area contributed by atoms with Gasteiger partial charge < -0.3 is 19.5 Å². The van der Waals surface area contributed by atoms with Gasteiger partial charge >= 0.3 is 6.16 Å². The lowest BCUT2D eigenvalue weighted by Gasteiger charge is -2.30. The molecule has 11 heteroatoms. The zero-order valence-electron chi connectivity index (χ0n) is 21.9. The van der Waals surface area contributed by atoms with E-state index in [4.69, 9.17) is 14.2 Å². The summed E-state index contributed by atoms with van der Waals surface area (Å²) in [5, 5.41) is 2.62. The Balaban J connectivity index is 1.60. The van der Waals surface area contributed by atoms with Gasteiger partial charge in [0.25, 0.3) is 15.9 Å². The fraction of sp³-hybridized carbons (Fsp3) is 0.444. The van der Waals surface area contributed by atoms with E-state index in [0.717, 1.165) is 23.6 Å². The third-order valence-electron chi connectivity index (χ3n) is 5.89. The van der Waals surface area contributed by atoms with E-state index in [1.54, 1.807) is 36.4 Å². The molecule has 1 aliphatic heterocycles. The monoisotopic (exact) mass is 545 g/mol. The maximum atomic E-state index is 13.2. The number of aromatic nitrogens is 1. The van der Waals surface area contributed by atoms with Crippen LogP contribution in [0, 0.1) is 0 Å². The van der Waals surface area contributed by atoms with Crippen LogP contribution in [0.5, 0.6) is 0 Å². The number of ether oxygens (including phenoxy) is 3. The normalized spacial score (nSPS) is 14.0. The summed E-state index contributed by atoms with van der Waals surface area (Å²) < 4.78 is 43.2. The van der Waals surface area contributed by atoms with Crippen molar-refractivity contribution in [2.75, 3.05) is 32.2 Å². The molecule has 0 aliphatic carbocycles. The average molecular weight is 546 g/mol. The summed E-state index contributed by atoms with van der Waals surface area (Å²) in [5.41, 5.74) is 0.102. The van der Waals surface area contributed by atoms with Gasteiger partial charge in [0.1, 0.15) is 5.82 Å². The van der Waals surface area contributed by atoms with E-state index in [1.165, 1.54) is 38.6 Å². The summed E-state index contributed by atoms with van der Waals surface area (Å²) in [7, 11) is -2.68. The van der Waals surface area contributed by atoms with Gasteiger partial charge in [-0.3, -0.25) is 9.10 Å². The molecule has 3 rings (SSSR count). The Kier molecular flexibility index (Phi) is 11.0. The van der Waals surface area contributed by atoms with Gasteiger partial charge in [0, 0.05) is 25.2 Å². The Morgan fingerprint density at radius 2 is 1.58 bits per heavy atom. The summed E-state index contributed by atoms with van der Waals surface area (Å²) in [4.78, 5) is 29.1. The Bertz CT molecular complexity index is 1220.